The Morgan fingerprint density at radius 1 is 1.23 bits per heavy atom. The van der Waals surface area contributed by atoms with Crippen LogP contribution in [0.25, 0.3) is 0 Å². The van der Waals surface area contributed by atoms with Crippen LogP contribution in [0.4, 0.5) is 10.8 Å². The normalized spacial score (nSPS) is 17.7. The number of nitrogens with one attached hydrogen (secondary N) is 1. The first-order valence-corrected chi connectivity index (χ1v) is 13.6. The maximum absolute atomic E-state index is 12.9. The van der Waals surface area contributed by atoms with Crippen LogP contribution < -0.4 is 5.32 Å². The fourth-order valence-electron chi connectivity index (χ4n) is 3.88. The minimum Gasteiger partial charge on any atom is -0.344 e. The van der Waals surface area contributed by atoms with Gasteiger partial charge in [0.05, 0.1) is 17.3 Å². The lowest BCUT2D eigenvalue weighted by Crippen LogP contribution is -2.14. The Labute approximate surface area is 190 Å². The van der Waals surface area contributed by atoms with Crippen molar-refractivity contribution in [1.82, 2.24) is 14.8 Å². The van der Waals surface area contributed by atoms with Gasteiger partial charge in [-0.2, -0.15) is 0 Å². The zero-order valence-electron chi connectivity index (χ0n) is 17.6. The first-order valence-electron chi connectivity index (χ1n) is 9.94. The van der Waals surface area contributed by atoms with Crippen LogP contribution in [0.3, 0.4) is 0 Å². The largest absolute Gasteiger partial charge is 0.344 e. The molecule has 1 N–H and O–H groups in total. The summed E-state index contributed by atoms with van der Waals surface area (Å²) in [5.41, 5.74) is 4.54. The van der Waals surface area contributed by atoms with E-state index in [0.717, 1.165) is 21.4 Å². The van der Waals surface area contributed by atoms with Crippen molar-refractivity contribution < 1.29 is 13.2 Å². The molecule has 164 valence electrons. The highest BCUT2D eigenvalue weighted by molar-refractivity contribution is 8.01. The van der Waals surface area contributed by atoms with Gasteiger partial charge in [-0.25, -0.2) is 8.42 Å². The van der Waals surface area contributed by atoms with E-state index in [1.54, 1.807) is 0 Å². The Balaban J connectivity index is 1.40. The molecule has 1 aromatic carbocycles. The van der Waals surface area contributed by atoms with Gasteiger partial charge in [0.15, 0.2) is 20.0 Å². The van der Waals surface area contributed by atoms with Gasteiger partial charge >= 0.3 is 0 Å². The van der Waals surface area contributed by atoms with Gasteiger partial charge in [0, 0.05) is 28.7 Å². The van der Waals surface area contributed by atoms with E-state index in [4.69, 9.17) is 0 Å². The zero-order chi connectivity index (χ0) is 22.2. The Bertz CT molecular complexity index is 1210. The highest BCUT2D eigenvalue weighted by Crippen LogP contribution is 2.31. The van der Waals surface area contributed by atoms with Crippen molar-refractivity contribution in [3.63, 3.8) is 0 Å². The standard InChI is InChI=1S/C21H24N4O3S3/c1-13-4-6-16(7-5-13)22-20-23-24-21(30-20)29-11-19(26)18-10-14(2)25(15(18)3)17-8-9-31(27,28)12-17/h4-7,10,17H,8-9,11-12H2,1-3H3,(H,22,23). The molecule has 31 heavy (non-hydrogen) atoms. The summed E-state index contributed by atoms with van der Waals surface area (Å²) in [7, 11) is -2.99. The van der Waals surface area contributed by atoms with E-state index in [1.807, 2.05) is 55.7 Å². The number of anilines is 2. The Hall–Kier alpha value is -2.17. The molecule has 4 rings (SSSR count). The van der Waals surface area contributed by atoms with Crippen molar-refractivity contribution in [2.24, 2.45) is 0 Å². The summed E-state index contributed by atoms with van der Waals surface area (Å²) in [5.74, 6) is 0.622. The van der Waals surface area contributed by atoms with Crippen LogP contribution in [-0.4, -0.2) is 46.2 Å². The molecule has 1 unspecified atom stereocenters. The third kappa shape index (κ3) is 5.02. The SMILES string of the molecule is Cc1ccc(Nc2nnc(SCC(=O)c3cc(C)n(C4CCS(=O)(=O)C4)c3C)s2)cc1. The third-order valence-electron chi connectivity index (χ3n) is 5.39. The number of hydrogen-bond acceptors (Lipinski definition) is 8. The van der Waals surface area contributed by atoms with Crippen molar-refractivity contribution in [3.05, 3.63) is 52.8 Å². The number of carbonyl (C=O) groups is 1. The van der Waals surface area contributed by atoms with Gasteiger partial charge in [-0.05, 0) is 45.4 Å². The summed E-state index contributed by atoms with van der Waals surface area (Å²) in [4.78, 5) is 12.9. The molecule has 0 aliphatic carbocycles. The van der Waals surface area contributed by atoms with Crippen molar-refractivity contribution in [2.45, 2.75) is 37.6 Å². The number of nitrogens with zero attached hydrogens (tertiary/aromatic N) is 3. The molecule has 0 spiro atoms. The highest BCUT2D eigenvalue weighted by atomic mass is 32.2. The smallest absolute Gasteiger partial charge is 0.210 e. The van der Waals surface area contributed by atoms with Crippen LogP contribution in [0.5, 0.6) is 0 Å². The van der Waals surface area contributed by atoms with Gasteiger partial charge in [0.1, 0.15) is 0 Å². The average molecular weight is 477 g/mol. The molecular formula is C21H24N4O3S3. The molecule has 0 bridgehead atoms. The van der Waals surface area contributed by atoms with Crippen LogP contribution in [0.2, 0.25) is 0 Å². The topological polar surface area (TPSA) is 93.9 Å². The molecule has 3 heterocycles. The lowest BCUT2D eigenvalue weighted by molar-refractivity contribution is 0.102. The van der Waals surface area contributed by atoms with E-state index in [0.29, 0.717) is 17.1 Å². The van der Waals surface area contributed by atoms with Crippen molar-refractivity contribution >= 4 is 49.5 Å². The molecule has 1 aliphatic rings. The summed E-state index contributed by atoms with van der Waals surface area (Å²) in [5, 5.41) is 12.2. The van der Waals surface area contributed by atoms with Crippen LogP contribution in [0.1, 0.15) is 39.8 Å². The maximum atomic E-state index is 12.9. The van der Waals surface area contributed by atoms with E-state index in [2.05, 4.69) is 15.5 Å². The molecule has 7 nitrogen and oxygen atoms in total. The predicted octanol–water partition coefficient (Wildman–Crippen LogP) is 4.34. The minimum absolute atomic E-state index is 0.00782. The lowest BCUT2D eigenvalue weighted by Gasteiger charge is -2.16. The molecule has 2 aromatic heterocycles. The summed E-state index contributed by atoms with van der Waals surface area (Å²) < 4.78 is 26.5. The second-order valence-electron chi connectivity index (χ2n) is 7.79. The van der Waals surface area contributed by atoms with Crippen molar-refractivity contribution in [3.8, 4) is 0 Å². The number of carbonyl (C=O) groups excluding carboxylic acids is 1. The predicted molar refractivity (Wildman–Crippen MR) is 126 cm³/mol. The summed E-state index contributed by atoms with van der Waals surface area (Å²) in [6.07, 6.45) is 0.600. The van der Waals surface area contributed by atoms with E-state index in [9.17, 15) is 13.2 Å². The maximum Gasteiger partial charge on any atom is 0.210 e. The number of ketones is 1. The van der Waals surface area contributed by atoms with Crippen LogP contribution in [-0.2, 0) is 9.84 Å². The van der Waals surface area contributed by atoms with Gasteiger partial charge in [0.25, 0.3) is 0 Å². The van der Waals surface area contributed by atoms with Gasteiger partial charge in [-0.15, -0.1) is 10.2 Å². The van der Waals surface area contributed by atoms with Crippen LogP contribution >= 0.6 is 23.1 Å². The molecule has 10 heteroatoms. The molecule has 1 saturated heterocycles. The second-order valence-corrected chi connectivity index (χ2v) is 12.2. The van der Waals surface area contributed by atoms with Gasteiger partial charge in [0.2, 0.25) is 5.13 Å². The fraction of sp³-hybridized carbons (Fsp3) is 0.381. The number of thioether (sulfide) groups is 1. The first kappa shape index (κ1) is 22.0. The van der Waals surface area contributed by atoms with Gasteiger partial charge in [-0.3, -0.25) is 4.79 Å². The number of benzene rings is 1. The molecule has 1 fully saturated rings. The Morgan fingerprint density at radius 3 is 2.65 bits per heavy atom. The van der Waals surface area contributed by atoms with Crippen molar-refractivity contribution in [2.75, 3.05) is 22.6 Å². The second kappa shape index (κ2) is 8.76. The number of Topliss-reactive ketones (excluding diaryl/α,β-unsaturated/α-hetero) is 1. The van der Waals surface area contributed by atoms with Crippen LogP contribution in [0, 0.1) is 20.8 Å². The first-order chi connectivity index (χ1) is 14.7. The molecule has 0 saturated carbocycles. The lowest BCUT2D eigenvalue weighted by atomic mass is 10.2. The Morgan fingerprint density at radius 2 is 1.97 bits per heavy atom. The summed E-state index contributed by atoms with van der Waals surface area (Å²) in [6, 6.07) is 9.80. The van der Waals surface area contributed by atoms with Crippen molar-refractivity contribution in [1.29, 1.82) is 0 Å². The molecule has 0 amide bonds. The van der Waals surface area contributed by atoms with E-state index >= 15 is 0 Å². The number of rotatable bonds is 7. The number of hydrogen-bond donors (Lipinski definition) is 1. The fourth-order valence-corrected chi connectivity index (χ4v) is 7.24. The van der Waals surface area contributed by atoms with E-state index in [-0.39, 0.29) is 29.1 Å². The summed E-state index contributed by atoms with van der Waals surface area (Å²) in [6.45, 7) is 5.85. The Kier molecular flexibility index (Phi) is 6.23. The van der Waals surface area contributed by atoms with E-state index < -0.39 is 9.84 Å². The highest BCUT2D eigenvalue weighted by Gasteiger charge is 2.31. The third-order valence-corrected chi connectivity index (χ3v) is 9.12. The zero-order valence-corrected chi connectivity index (χ0v) is 20.0. The average Bonchev–Trinajstić information content (AvgIpc) is 3.39. The number of aryl methyl sites for hydroxylation is 2. The molecule has 1 aliphatic heterocycles. The van der Waals surface area contributed by atoms with Gasteiger partial charge < -0.3 is 9.88 Å². The molecule has 0 radical (unpaired) electrons. The molecular weight excluding hydrogens is 452 g/mol. The van der Waals surface area contributed by atoms with Gasteiger partial charge in [-0.1, -0.05) is 40.8 Å². The summed E-state index contributed by atoms with van der Waals surface area (Å²) >= 11 is 2.77. The molecule has 3 aromatic rings. The minimum atomic E-state index is -2.99. The van der Waals surface area contributed by atoms with Crippen LogP contribution in [0.15, 0.2) is 34.7 Å². The number of sulfone groups is 1. The quantitative estimate of drug-likeness (QED) is 0.400. The monoisotopic (exact) mass is 476 g/mol. The van der Waals surface area contributed by atoms with E-state index in [1.165, 1.54) is 28.7 Å². The number of aromatic nitrogens is 3. The molecule has 1 atom stereocenters.